The summed E-state index contributed by atoms with van der Waals surface area (Å²) in [6.07, 6.45) is 8.25. The second-order valence-corrected chi connectivity index (χ2v) is 8.03. The van der Waals surface area contributed by atoms with Crippen molar-refractivity contribution in [3.63, 3.8) is 0 Å². The van der Waals surface area contributed by atoms with Gasteiger partial charge in [-0.3, -0.25) is 4.79 Å². The van der Waals surface area contributed by atoms with Gasteiger partial charge in [0.15, 0.2) is 0 Å². The number of benzene rings is 1. The summed E-state index contributed by atoms with van der Waals surface area (Å²) in [6.45, 7) is 5.18. The fraction of sp³-hybridized carbons (Fsp3) is 0.522. The second-order valence-electron chi connectivity index (χ2n) is 8.03. The molecule has 0 spiro atoms. The Labute approximate surface area is 173 Å². The third-order valence-electron chi connectivity index (χ3n) is 5.41. The van der Waals surface area contributed by atoms with Gasteiger partial charge in [-0.2, -0.15) is 4.98 Å². The van der Waals surface area contributed by atoms with Crippen molar-refractivity contribution < 1.29 is 4.79 Å². The van der Waals surface area contributed by atoms with Gasteiger partial charge in [0.05, 0.1) is 0 Å². The fourth-order valence-electron chi connectivity index (χ4n) is 3.77. The minimum Gasteiger partial charge on any atom is -0.354 e. The maximum atomic E-state index is 12.1. The van der Waals surface area contributed by atoms with Gasteiger partial charge in [-0.05, 0) is 38.3 Å². The first-order valence-electron chi connectivity index (χ1n) is 10.8. The van der Waals surface area contributed by atoms with Crippen molar-refractivity contribution in [3.8, 4) is 0 Å². The minimum atomic E-state index is 0.143. The number of aryl methyl sites for hydroxylation is 2. The van der Waals surface area contributed by atoms with E-state index in [9.17, 15) is 4.79 Å². The molecule has 3 N–H and O–H groups in total. The molecule has 0 saturated heterocycles. The highest BCUT2D eigenvalue weighted by Crippen LogP contribution is 2.27. The van der Waals surface area contributed by atoms with Crippen LogP contribution in [0.3, 0.4) is 0 Å². The highest BCUT2D eigenvalue weighted by molar-refractivity contribution is 5.75. The summed E-state index contributed by atoms with van der Waals surface area (Å²) in [5.41, 5.74) is 3.09. The van der Waals surface area contributed by atoms with E-state index in [-0.39, 0.29) is 5.91 Å². The van der Waals surface area contributed by atoms with Gasteiger partial charge in [0.2, 0.25) is 11.9 Å². The van der Waals surface area contributed by atoms with Crippen LogP contribution in [0.25, 0.3) is 0 Å². The van der Waals surface area contributed by atoms with Crippen LogP contribution in [0.15, 0.2) is 30.3 Å². The molecule has 1 saturated carbocycles. The Hall–Kier alpha value is -2.63. The van der Waals surface area contributed by atoms with Crippen LogP contribution in [0.2, 0.25) is 0 Å². The summed E-state index contributed by atoms with van der Waals surface area (Å²) in [7, 11) is 0. The SMILES string of the molecule is Cc1ccc(Nc2cc(C)nc(NCCNC(=O)CCC3CCCCC3)n2)cc1. The molecule has 1 aromatic carbocycles. The fourth-order valence-corrected chi connectivity index (χ4v) is 3.77. The van der Waals surface area contributed by atoms with Crippen molar-refractivity contribution in [2.45, 2.75) is 58.8 Å². The third-order valence-corrected chi connectivity index (χ3v) is 5.41. The van der Waals surface area contributed by atoms with Crippen LogP contribution in [0.1, 0.15) is 56.2 Å². The topological polar surface area (TPSA) is 78.9 Å². The highest BCUT2D eigenvalue weighted by atomic mass is 16.1. The van der Waals surface area contributed by atoms with E-state index < -0.39 is 0 Å². The van der Waals surface area contributed by atoms with Crippen LogP contribution in [0.5, 0.6) is 0 Å². The average molecular weight is 396 g/mol. The van der Waals surface area contributed by atoms with Crippen molar-refractivity contribution in [2.24, 2.45) is 5.92 Å². The van der Waals surface area contributed by atoms with Crippen molar-refractivity contribution in [2.75, 3.05) is 23.7 Å². The standard InChI is InChI=1S/C23H33N5O/c1-17-8-11-20(12-9-17)27-21-16-18(2)26-23(28-21)25-15-14-24-22(29)13-10-19-6-4-3-5-7-19/h8-9,11-12,16,19H,3-7,10,13-15H2,1-2H3,(H,24,29)(H2,25,26,27,28). The van der Waals surface area contributed by atoms with Crippen molar-refractivity contribution >= 4 is 23.4 Å². The molecule has 1 fully saturated rings. The summed E-state index contributed by atoms with van der Waals surface area (Å²) >= 11 is 0. The normalized spacial score (nSPS) is 14.4. The molecule has 6 nitrogen and oxygen atoms in total. The second kappa shape index (κ2) is 10.8. The lowest BCUT2D eigenvalue weighted by Crippen LogP contribution is -2.29. The van der Waals surface area contributed by atoms with E-state index in [1.54, 1.807) is 0 Å². The molecule has 0 radical (unpaired) electrons. The van der Waals surface area contributed by atoms with Crippen LogP contribution < -0.4 is 16.0 Å². The van der Waals surface area contributed by atoms with E-state index in [0.717, 1.165) is 29.5 Å². The largest absolute Gasteiger partial charge is 0.354 e. The maximum absolute atomic E-state index is 12.1. The Morgan fingerprint density at radius 3 is 2.55 bits per heavy atom. The quantitative estimate of drug-likeness (QED) is 0.535. The molecule has 1 heterocycles. The number of amides is 1. The molecule has 29 heavy (non-hydrogen) atoms. The summed E-state index contributed by atoms with van der Waals surface area (Å²) < 4.78 is 0. The Balaban J connectivity index is 1.40. The van der Waals surface area contributed by atoms with Gasteiger partial charge in [0.25, 0.3) is 0 Å². The van der Waals surface area contributed by atoms with Crippen molar-refractivity contribution in [1.82, 2.24) is 15.3 Å². The predicted octanol–water partition coefficient (Wildman–Crippen LogP) is 4.73. The molecular weight excluding hydrogens is 362 g/mol. The molecule has 0 aliphatic heterocycles. The van der Waals surface area contributed by atoms with Crippen molar-refractivity contribution in [1.29, 1.82) is 0 Å². The number of nitrogens with zero attached hydrogens (tertiary/aromatic N) is 2. The van der Waals surface area contributed by atoms with Crippen LogP contribution in [0.4, 0.5) is 17.5 Å². The van der Waals surface area contributed by atoms with E-state index >= 15 is 0 Å². The molecule has 1 aliphatic rings. The van der Waals surface area contributed by atoms with Gasteiger partial charge in [-0.1, -0.05) is 49.8 Å². The Kier molecular flexibility index (Phi) is 7.85. The lowest BCUT2D eigenvalue weighted by Gasteiger charge is -2.21. The first-order chi connectivity index (χ1) is 14.1. The number of rotatable bonds is 9. The number of carbonyl (C=O) groups is 1. The van der Waals surface area contributed by atoms with Crippen LogP contribution in [-0.4, -0.2) is 29.0 Å². The van der Waals surface area contributed by atoms with E-state index in [1.807, 2.05) is 25.1 Å². The first kappa shape index (κ1) is 21.1. The predicted molar refractivity (Wildman–Crippen MR) is 119 cm³/mol. The van der Waals surface area contributed by atoms with Gasteiger partial charge < -0.3 is 16.0 Å². The molecule has 3 rings (SSSR count). The number of anilines is 3. The Bertz CT molecular complexity index is 784. The highest BCUT2D eigenvalue weighted by Gasteiger charge is 2.14. The molecule has 0 unspecified atom stereocenters. The monoisotopic (exact) mass is 395 g/mol. The number of hydrogen-bond acceptors (Lipinski definition) is 5. The molecule has 156 valence electrons. The summed E-state index contributed by atoms with van der Waals surface area (Å²) in [6, 6.07) is 10.1. The average Bonchev–Trinajstić information content (AvgIpc) is 2.72. The number of nitrogens with one attached hydrogen (secondary N) is 3. The van der Waals surface area contributed by atoms with Gasteiger partial charge >= 0.3 is 0 Å². The molecule has 1 amide bonds. The Morgan fingerprint density at radius 1 is 1.03 bits per heavy atom. The molecule has 6 heteroatoms. The van der Waals surface area contributed by atoms with Gasteiger partial charge in [-0.15, -0.1) is 0 Å². The zero-order chi connectivity index (χ0) is 20.5. The number of aromatic nitrogens is 2. The maximum Gasteiger partial charge on any atom is 0.224 e. The molecule has 1 aromatic heterocycles. The van der Waals surface area contributed by atoms with Crippen molar-refractivity contribution in [3.05, 3.63) is 41.6 Å². The van der Waals surface area contributed by atoms with E-state index in [2.05, 4.69) is 45.0 Å². The molecule has 2 aromatic rings. The van der Waals surface area contributed by atoms with Crippen LogP contribution in [-0.2, 0) is 4.79 Å². The van der Waals surface area contributed by atoms with Gasteiger partial charge in [-0.25, -0.2) is 4.98 Å². The summed E-state index contributed by atoms with van der Waals surface area (Å²) in [5, 5.41) is 9.51. The molecule has 0 bridgehead atoms. The lowest BCUT2D eigenvalue weighted by atomic mass is 9.86. The minimum absolute atomic E-state index is 0.143. The van der Waals surface area contributed by atoms with E-state index in [1.165, 1.54) is 37.7 Å². The molecular formula is C23H33N5O. The van der Waals surface area contributed by atoms with Crippen LogP contribution in [0, 0.1) is 19.8 Å². The zero-order valence-corrected chi connectivity index (χ0v) is 17.6. The van der Waals surface area contributed by atoms with Crippen LogP contribution >= 0.6 is 0 Å². The van der Waals surface area contributed by atoms with Gasteiger partial charge in [0, 0.05) is 37.0 Å². The number of hydrogen-bond donors (Lipinski definition) is 3. The summed E-state index contributed by atoms with van der Waals surface area (Å²) in [4.78, 5) is 21.0. The molecule has 1 aliphatic carbocycles. The van der Waals surface area contributed by atoms with E-state index in [0.29, 0.717) is 25.5 Å². The van der Waals surface area contributed by atoms with Gasteiger partial charge in [0.1, 0.15) is 5.82 Å². The van der Waals surface area contributed by atoms with E-state index in [4.69, 9.17) is 0 Å². The molecule has 0 atom stereocenters. The zero-order valence-electron chi connectivity index (χ0n) is 17.6. The summed E-state index contributed by atoms with van der Waals surface area (Å²) in [5.74, 6) is 2.20. The smallest absolute Gasteiger partial charge is 0.224 e. The first-order valence-corrected chi connectivity index (χ1v) is 10.8. The Morgan fingerprint density at radius 2 is 1.79 bits per heavy atom. The number of carbonyl (C=O) groups excluding carboxylic acids is 1. The third kappa shape index (κ3) is 7.37. The lowest BCUT2D eigenvalue weighted by molar-refractivity contribution is -0.121.